The van der Waals surface area contributed by atoms with Crippen molar-refractivity contribution in [2.24, 2.45) is 0 Å². The highest BCUT2D eigenvalue weighted by Gasteiger charge is 2.52. The quantitative estimate of drug-likeness (QED) is 0.308. The van der Waals surface area contributed by atoms with Gasteiger partial charge in [-0.1, -0.05) is 0 Å². The Labute approximate surface area is 145 Å². The van der Waals surface area contributed by atoms with Gasteiger partial charge in [-0.05, 0) is 55.8 Å². The van der Waals surface area contributed by atoms with Crippen molar-refractivity contribution >= 4 is 47.4 Å². The molecule has 1 heterocycles. The summed E-state index contributed by atoms with van der Waals surface area (Å²) in [6.45, 7) is 8.14. The van der Waals surface area contributed by atoms with Crippen molar-refractivity contribution in [2.45, 2.75) is 38.9 Å². The van der Waals surface area contributed by atoms with E-state index in [2.05, 4.69) is 22.0 Å². The second-order valence-electron chi connectivity index (χ2n) is 6.01. The molecule has 0 bridgehead atoms. The first-order valence-electron chi connectivity index (χ1n) is 6.81. The highest BCUT2D eigenvalue weighted by atomic mass is 127. The number of hydrogen-bond acceptors (Lipinski definition) is 5. The van der Waals surface area contributed by atoms with Crippen LogP contribution in [-0.4, -0.2) is 31.7 Å². The number of methoxy groups -OCH3 is 1. The van der Waals surface area contributed by atoms with E-state index in [4.69, 9.17) is 18.6 Å². The van der Waals surface area contributed by atoms with Crippen LogP contribution in [0, 0.1) is 0 Å². The molecule has 0 amide bonds. The maximum atomic E-state index is 11.5. The fourth-order valence-corrected chi connectivity index (χ4v) is 3.16. The standard InChI is InChI=1S/C14H19BIO5P/c1-13(2)14(3,4)21-15(20-13)11-6-9(19-22-16)7-12(18-5)10(11)8-17/h6-8,22H,1-5H3. The van der Waals surface area contributed by atoms with Crippen LogP contribution < -0.4 is 14.7 Å². The number of halogens is 1. The third-order valence-corrected chi connectivity index (χ3v) is 5.12. The zero-order valence-electron chi connectivity index (χ0n) is 13.2. The van der Waals surface area contributed by atoms with Crippen LogP contribution in [0.5, 0.6) is 11.5 Å². The summed E-state index contributed by atoms with van der Waals surface area (Å²) in [5.41, 5.74) is 0.0858. The van der Waals surface area contributed by atoms with Crippen LogP contribution in [0.3, 0.4) is 0 Å². The first-order chi connectivity index (χ1) is 10.3. The SMILES string of the molecule is COc1cc(OPI)cc(B2OC(C)(C)C(C)(C)O2)c1C=O. The Morgan fingerprint density at radius 1 is 1.23 bits per heavy atom. The highest BCUT2D eigenvalue weighted by molar-refractivity contribution is 14.2. The van der Waals surface area contributed by atoms with E-state index in [0.717, 1.165) is 6.29 Å². The minimum atomic E-state index is -0.639. The molecule has 8 heteroatoms. The van der Waals surface area contributed by atoms with Gasteiger partial charge in [-0.2, -0.15) is 0 Å². The van der Waals surface area contributed by atoms with E-state index in [1.54, 1.807) is 12.1 Å². The van der Waals surface area contributed by atoms with Gasteiger partial charge in [0.2, 0.25) is 0 Å². The number of carbonyl (C=O) groups excluding carboxylic acids is 1. The molecule has 120 valence electrons. The Morgan fingerprint density at radius 2 is 1.82 bits per heavy atom. The number of benzene rings is 1. The zero-order chi connectivity index (χ0) is 16.5. The van der Waals surface area contributed by atoms with Gasteiger partial charge in [0, 0.05) is 11.5 Å². The molecule has 0 radical (unpaired) electrons. The van der Waals surface area contributed by atoms with Crippen molar-refractivity contribution in [1.29, 1.82) is 0 Å². The van der Waals surface area contributed by atoms with Crippen molar-refractivity contribution in [1.82, 2.24) is 0 Å². The normalized spacial score (nSPS) is 19.6. The number of hydrogen-bond donors (Lipinski definition) is 0. The van der Waals surface area contributed by atoms with E-state index in [-0.39, 0.29) is 6.45 Å². The van der Waals surface area contributed by atoms with Crippen molar-refractivity contribution in [2.75, 3.05) is 7.11 Å². The maximum Gasteiger partial charge on any atom is 0.495 e. The lowest BCUT2D eigenvalue weighted by molar-refractivity contribution is 0.00578. The molecule has 1 aliphatic rings. The summed E-state index contributed by atoms with van der Waals surface area (Å²) in [5.74, 6) is 1.08. The van der Waals surface area contributed by atoms with Crippen LogP contribution in [0.25, 0.3) is 0 Å². The van der Waals surface area contributed by atoms with Gasteiger partial charge < -0.3 is 18.6 Å². The van der Waals surface area contributed by atoms with Crippen LogP contribution in [0.4, 0.5) is 0 Å². The summed E-state index contributed by atoms with van der Waals surface area (Å²) < 4.78 is 22.9. The van der Waals surface area contributed by atoms with Crippen molar-refractivity contribution < 1.29 is 23.4 Å². The van der Waals surface area contributed by atoms with Crippen molar-refractivity contribution in [3.05, 3.63) is 17.7 Å². The van der Waals surface area contributed by atoms with Crippen LogP contribution in [0.2, 0.25) is 0 Å². The highest BCUT2D eigenvalue weighted by Crippen LogP contribution is 2.38. The summed E-state index contributed by atoms with van der Waals surface area (Å²) in [7, 11) is 0.882. The van der Waals surface area contributed by atoms with Crippen LogP contribution in [-0.2, 0) is 9.31 Å². The van der Waals surface area contributed by atoms with Gasteiger partial charge in [0.25, 0.3) is 0 Å². The Bertz CT molecular complexity index is 563. The summed E-state index contributed by atoms with van der Waals surface area (Å²) >= 11 is 2.14. The van der Waals surface area contributed by atoms with Gasteiger partial charge in [-0.15, -0.1) is 0 Å². The molecule has 1 unspecified atom stereocenters. The Balaban J connectivity index is 2.50. The molecule has 0 aromatic heterocycles. The molecule has 1 atom stereocenters. The predicted octanol–water partition coefficient (Wildman–Crippen LogP) is 3.13. The molecule has 0 aliphatic carbocycles. The molecule has 5 nitrogen and oxygen atoms in total. The number of ether oxygens (including phenoxy) is 1. The van der Waals surface area contributed by atoms with E-state index < -0.39 is 18.3 Å². The van der Waals surface area contributed by atoms with Crippen molar-refractivity contribution in [3.63, 3.8) is 0 Å². The third-order valence-electron chi connectivity index (χ3n) is 4.15. The van der Waals surface area contributed by atoms with Gasteiger partial charge >= 0.3 is 7.12 Å². The molecule has 2 rings (SSSR count). The molecule has 0 N–H and O–H groups in total. The predicted molar refractivity (Wildman–Crippen MR) is 97.1 cm³/mol. The number of rotatable bonds is 5. The second-order valence-corrected chi connectivity index (χ2v) is 7.69. The van der Waals surface area contributed by atoms with E-state index in [9.17, 15) is 4.79 Å². The smallest absolute Gasteiger partial charge is 0.495 e. The van der Waals surface area contributed by atoms with Gasteiger partial charge in [0.15, 0.2) is 6.29 Å². The molecule has 1 aromatic carbocycles. The molecule has 0 spiro atoms. The average molecular weight is 436 g/mol. The molecule has 0 saturated carbocycles. The van der Waals surface area contributed by atoms with E-state index in [1.807, 2.05) is 27.7 Å². The minimum Gasteiger partial charge on any atom is -0.496 e. The average Bonchev–Trinajstić information content (AvgIpc) is 2.66. The molecule has 1 saturated heterocycles. The Morgan fingerprint density at radius 3 is 2.27 bits per heavy atom. The summed E-state index contributed by atoms with van der Waals surface area (Å²) in [6, 6.07) is 3.48. The third kappa shape index (κ3) is 3.27. The molecular formula is C14H19BIO5P. The van der Waals surface area contributed by atoms with Gasteiger partial charge in [-0.3, -0.25) is 4.79 Å². The number of carbonyl (C=O) groups is 1. The molecular weight excluding hydrogens is 417 g/mol. The topological polar surface area (TPSA) is 54.0 Å². The lowest BCUT2D eigenvalue weighted by atomic mass is 9.75. The lowest BCUT2D eigenvalue weighted by Gasteiger charge is -2.32. The van der Waals surface area contributed by atoms with Crippen LogP contribution >= 0.6 is 28.5 Å². The molecule has 1 fully saturated rings. The fraction of sp³-hybridized carbons (Fsp3) is 0.500. The first kappa shape index (κ1) is 18.0. The summed E-state index contributed by atoms with van der Waals surface area (Å²) in [4.78, 5) is 11.5. The van der Waals surface area contributed by atoms with Gasteiger partial charge in [0.1, 0.15) is 17.9 Å². The minimum absolute atomic E-state index is 0.259. The van der Waals surface area contributed by atoms with Gasteiger partial charge in [-0.25, -0.2) is 0 Å². The number of aldehydes is 1. The molecule has 22 heavy (non-hydrogen) atoms. The summed E-state index contributed by atoms with van der Waals surface area (Å²) in [6.07, 6.45) is 0.759. The van der Waals surface area contributed by atoms with Crippen molar-refractivity contribution in [3.8, 4) is 11.5 Å². The lowest BCUT2D eigenvalue weighted by Crippen LogP contribution is -2.41. The van der Waals surface area contributed by atoms with E-state index in [0.29, 0.717) is 22.5 Å². The first-order valence-corrected chi connectivity index (χ1v) is 10.8. The second kappa shape index (κ2) is 6.63. The van der Waals surface area contributed by atoms with E-state index >= 15 is 0 Å². The monoisotopic (exact) mass is 436 g/mol. The van der Waals surface area contributed by atoms with Gasteiger partial charge in [0.05, 0.1) is 23.9 Å². The van der Waals surface area contributed by atoms with Crippen LogP contribution in [0.1, 0.15) is 38.1 Å². The Hall–Kier alpha value is -0.365. The maximum absolute atomic E-state index is 11.5. The largest absolute Gasteiger partial charge is 0.496 e. The molecule has 1 aromatic rings. The fourth-order valence-electron chi connectivity index (χ4n) is 2.19. The Kier molecular flexibility index (Phi) is 5.42. The van der Waals surface area contributed by atoms with Crippen LogP contribution in [0.15, 0.2) is 12.1 Å². The molecule has 1 aliphatic heterocycles. The summed E-state index contributed by atoms with van der Waals surface area (Å²) in [5, 5.41) is 0. The van der Waals surface area contributed by atoms with E-state index in [1.165, 1.54) is 7.11 Å². The zero-order valence-corrected chi connectivity index (χ0v) is 16.4.